The zero-order chi connectivity index (χ0) is 26.1. The summed E-state index contributed by atoms with van der Waals surface area (Å²) in [6.07, 6.45) is 7.37. The molecule has 0 aliphatic carbocycles. The Morgan fingerprint density at radius 1 is 1.08 bits per heavy atom. The second kappa shape index (κ2) is 13.5. The maximum atomic E-state index is 13.4. The van der Waals surface area contributed by atoms with E-state index in [1.807, 2.05) is 30.3 Å². The molecule has 0 aromatic heterocycles. The lowest BCUT2D eigenvalue weighted by atomic mass is 9.93. The molecule has 4 atom stereocenters. The van der Waals surface area contributed by atoms with Gasteiger partial charge in [-0.3, -0.25) is 9.59 Å². The minimum absolute atomic E-state index is 0.0393. The van der Waals surface area contributed by atoms with Crippen molar-refractivity contribution in [3.63, 3.8) is 0 Å². The van der Waals surface area contributed by atoms with Crippen molar-refractivity contribution in [2.24, 2.45) is 5.92 Å². The van der Waals surface area contributed by atoms with Gasteiger partial charge < -0.3 is 19.7 Å². The summed E-state index contributed by atoms with van der Waals surface area (Å²) in [6.45, 7) is 1.81. The van der Waals surface area contributed by atoms with Gasteiger partial charge in [0.2, 0.25) is 5.91 Å². The minimum Gasteiger partial charge on any atom is -0.446 e. The Balaban J connectivity index is 1.59. The van der Waals surface area contributed by atoms with E-state index in [1.54, 1.807) is 0 Å². The fourth-order valence-corrected chi connectivity index (χ4v) is 5.16. The summed E-state index contributed by atoms with van der Waals surface area (Å²) < 4.78 is 11.2. The SMILES string of the molecule is C[C@@H](C(=O)N1C(=O)OC[C@H]1c1ccccc1)[C@H]1O[C@@](O)(CCCCCCCCCCO)C(Br)=CC1=O. The number of ketones is 1. The van der Waals surface area contributed by atoms with E-state index >= 15 is 0 Å². The molecule has 0 radical (unpaired) electrons. The summed E-state index contributed by atoms with van der Waals surface area (Å²) in [6, 6.07) is 8.52. The number of imide groups is 1. The lowest BCUT2D eigenvalue weighted by Gasteiger charge is -2.37. The van der Waals surface area contributed by atoms with Crippen LogP contribution in [0.4, 0.5) is 4.79 Å². The number of nitrogens with zero attached hydrogens (tertiary/aromatic N) is 1. The maximum absolute atomic E-state index is 13.4. The number of rotatable bonds is 13. The van der Waals surface area contributed by atoms with Crippen molar-refractivity contribution in [1.29, 1.82) is 0 Å². The Morgan fingerprint density at radius 3 is 2.33 bits per heavy atom. The number of hydrogen-bond acceptors (Lipinski definition) is 7. The fourth-order valence-electron chi connectivity index (χ4n) is 4.64. The standard InChI is InChI=1S/C27H36BrNO7/c1-19(25(32)29-21(18-35-26(29)33)20-13-9-8-10-14-20)24-22(31)17-23(28)27(34,36-24)15-11-6-4-2-3-5-7-12-16-30/h8-10,13-14,17,19,21,24,30,34H,2-7,11-12,15-16,18H2,1H3/t19-,21+,24-,27+/m1/s1. The number of unbranched alkanes of at least 4 members (excludes halogenated alkanes) is 7. The monoisotopic (exact) mass is 565 g/mol. The quantitative estimate of drug-likeness (QED) is 0.331. The molecule has 1 aromatic carbocycles. The molecule has 2 heterocycles. The molecule has 8 nitrogen and oxygen atoms in total. The van der Waals surface area contributed by atoms with Crippen molar-refractivity contribution in [1.82, 2.24) is 4.90 Å². The fraction of sp³-hybridized carbons (Fsp3) is 0.593. The van der Waals surface area contributed by atoms with E-state index in [4.69, 9.17) is 14.6 Å². The van der Waals surface area contributed by atoms with Gasteiger partial charge in [-0.05, 0) is 40.4 Å². The van der Waals surface area contributed by atoms with Gasteiger partial charge in [0.1, 0.15) is 18.8 Å². The van der Waals surface area contributed by atoms with Crippen molar-refractivity contribution in [3.8, 4) is 0 Å². The Hall–Kier alpha value is -2.07. The van der Waals surface area contributed by atoms with Crippen LogP contribution in [0, 0.1) is 5.92 Å². The molecule has 0 unspecified atom stereocenters. The van der Waals surface area contributed by atoms with Crippen molar-refractivity contribution in [3.05, 3.63) is 46.5 Å². The number of cyclic esters (lactones) is 1. The maximum Gasteiger partial charge on any atom is 0.417 e. The average Bonchev–Trinajstić information content (AvgIpc) is 3.26. The number of halogens is 1. The molecule has 1 fully saturated rings. The topological polar surface area (TPSA) is 113 Å². The van der Waals surface area contributed by atoms with Gasteiger partial charge in [0.25, 0.3) is 0 Å². The third-order valence-corrected chi connectivity index (χ3v) is 7.66. The van der Waals surface area contributed by atoms with E-state index in [-0.39, 0.29) is 24.1 Å². The summed E-state index contributed by atoms with van der Waals surface area (Å²) in [5.74, 6) is -3.74. The second-order valence-corrected chi connectivity index (χ2v) is 10.4. The zero-order valence-electron chi connectivity index (χ0n) is 20.7. The molecule has 198 valence electrons. The van der Waals surface area contributed by atoms with Crippen LogP contribution in [0.1, 0.15) is 76.3 Å². The van der Waals surface area contributed by atoms with Gasteiger partial charge in [0.15, 0.2) is 11.6 Å². The predicted octanol–water partition coefficient (Wildman–Crippen LogP) is 4.78. The zero-order valence-corrected chi connectivity index (χ0v) is 22.3. The van der Waals surface area contributed by atoms with Gasteiger partial charge in [0.05, 0.1) is 10.4 Å². The number of carbonyl (C=O) groups excluding carboxylic acids is 3. The molecule has 2 N–H and O–H groups in total. The van der Waals surface area contributed by atoms with Crippen LogP contribution in [0.25, 0.3) is 0 Å². The third-order valence-electron chi connectivity index (χ3n) is 6.81. The number of benzene rings is 1. The number of hydrogen-bond donors (Lipinski definition) is 2. The Labute approximate surface area is 220 Å². The first-order chi connectivity index (χ1) is 17.3. The lowest BCUT2D eigenvalue weighted by Crippen LogP contribution is -2.51. The minimum atomic E-state index is -1.71. The second-order valence-electron chi connectivity index (χ2n) is 9.52. The van der Waals surface area contributed by atoms with E-state index in [2.05, 4.69) is 15.9 Å². The highest BCUT2D eigenvalue weighted by Gasteiger charge is 2.48. The smallest absolute Gasteiger partial charge is 0.417 e. The first kappa shape index (κ1) is 28.5. The first-order valence-corrected chi connectivity index (χ1v) is 13.5. The number of amides is 2. The van der Waals surface area contributed by atoms with Crippen LogP contribution in [0.15, 0.2) is 40.9 Å². The number of aliphatic hydroxyl groups excluding tert-OH is 1. The van der Waals surface area contributed by atoms with Gasteiger partial charge in [-0.2, -0.15) is 0 Å². The third kappa shape index (κ3) is 7.03. The molecule has 2 aliphatic heterocycles. The molecule has 0 spiro atoms. The van der Waals surface area contributed by atoms with Crippen LogP contribution in [0.5, 0.6) is 0 Å². The first-order valence-electron chi connectivity index (χ1n) is 12.8. The Morgan fingerprint density at radius 2 is 1.69 bits per heavy atom. The van der Waals surface area contributed by atoms with Crippen LogP contribution in [0.2, 0.25) is 0 Å². The van der Waals surface area contributed by atoms with E-state index in [0.29, 0.717) is 6.42 Å². The number of ether oxygens (including phenoxy) is 2. The summed E-state index contributed by atoms with van der Waals surface area (Å²) in [5, 5.41) is 20.0. The van der Waals surface area contributed by atoms with E-state index in [0.717, 1.165) is 55.4 Å². The van der Waals surface area contributed by atoms with Gasteiger partial charge in [0, 0.05) is 13.0 Å². The van der Waals surface area contributed by atoms with Gasteiger partial charge in [-0.1, -0.05) is 75.8 Å². The van der Waals surface area contributed by atoms with Crippen LogP contribution < -0.4 is 0 Å². The molecule has 1 saturated heterocycles. The summed E-state index contributed by atoms with van der Waals surface area (Å²) in [5.41, 5.74) is 0.757. The van der Waals surface area contributed by atoms with Crippen molar-refractivity contribution >= 4 is 33.7 Å². The van der Waals surface area contributed by atoms with E-state index < -0.39 is 41.6 Å². The number of carbonyl (C=O) groups is 3. The highest BCUT2D eigenvalue weighted by molar-refractivity contribution is 9.11. The summed E-state index contributed by atoms with van der Waals surface area (Å²) >= 11 is 3.27. The molecule has 0 saturated carbocycles. The predicted molar refractivity (Wildman–Crippen MR) is 137 cm³/mol. The van der Waals surface area contributed by atoms with Gasteiger partial charge in [-0.15, -0.1) is 0 Å². The Kier molecular flexibility index (Phi) is 10.7. The lowest BCUT2D eigenvalue weighted by molar-refractivity contribution is -0.217. The molecule has 9 heteroatoms. The molecular weight excluding hydrogens is 530 g/mol. The molecule has 3 rings (SSSR count). The largest absolute Gasteiger partial charge is 0.446 e. The van der Waals surface area contributed by atoms with E-state index in [9.17, 15) is 19.5 Å². The van der Waals surface area contributed by atoms with Gasteiger partial charge in [-0.25, -0.2) is 9.69 Å². The summed E-state index contributed by atoms with van der Waals surface area (Å²) in [7, 11) is 0. The molecular formula is C27H36BrNO7. The normalized spacial score (nSPS) is 25.0. The van der Waals surface area contributed by atoms with Gasteiger partial charge >= 0.3 is 6.09 Å². The molecule has 1 aromatic rings. The van der Waals surface area contributed by atoms with Crippen LogP contribution in [0.3, 0.4) is 0 Å². The van der Waals surface area contributed by atoms with Crippen molar-refractivity contribution < 1.29 is 34.1 Å². The van der Waals surface area contributed by atoms with Crippen LogP contribution in [-0.4, -0.2) is 58.0 Å². The molecule has 2 aliphatic rings. The molecule has 36 heavy (non-hydrogen) atoms. The molecule has 0 bridgehead atoms. The average molecular weight is 566 g/mol. The Bertz CT molecular complexity index is 937. The number of aliphatic hydroxyl groups is 2. The molecule has 2 amide bonds. The van der Waals surface area contributed by atoms with Crippen molar-refractivity contribution in [2.75, 3.05) is 13.2 Å². The summed E-state index contributed by atoms with van der Waals surface area (Å²) in [4.78, 5) is 39.6. The van der Waals surface area contributed by atoms with Crippen LogP contribution in [-0.2, 0) is 19.1 Å². The van der Waals surface area contributed by atoms with Crippen molar-refractivity contribution in [2.45, 2.75) is 82.6 Å². The van der Waals surface area contributed by atoms with E-state index in [1.165, 1.54) is 13.0 Å². The van der Waals surface area contributed by atoms with Crippen LogP contribution >= 0.6 is 15.9 Å². The highest BCUT2D eigenvalue weighted by Crippen LogP contribution is 2.38. The highest BCUT2D eigenvalue weighted by atomic mass is 79.9.